The van der Waals surface area contributed by atoms with Gasteiger partial charge < -0.3 is 34.0 Å². The molecular formula is C30H40Br2SiZr. The van der Waals surface area contributed by atoms with Crippen molar-refractivity contribution in [2.24, 2.45) is 0 Å². The number of aryl methyl sites for hydroxylation is 2. The summed E-state index contributed by atoms with van der Waals surface area (Å²) < 4.78 is 0. The van der Waals surface area contributed by atoms with E-state index < -0.39 is 0 Å². The van der Waals surface area contributed by atoms with Crippen molar-refractivity contribution in [2.45, 2.75) is 78.3 Å². The summed E-state index contributed by atoms with van der Waals surface area (Å²) in [5.74, 6) is 0. The summed E-state index contributed by atoms with van der Waals surface area (Å²) in [7, 11) is 1.20. The Kier molecular flexibility index (Phi) is 23.2. The van der Waals surface area contributed by atoms with Gasteiger partial charge in [-0.25, -0.2) is 0 Å². The molecule has 4 heteroatoms. The first kappa shape index (κ1) is 35.9. The number of fused-ring (bicyclic) bond motifs is 2. The summed E-state index contributed by atoms with van der Waals surface area (Å²) in [5, 5.41) is 5.53. The van der Waals surface area contributed by atoms with E-state index >= 15 is 0 Å². The SMILES string of the molecule is CCCCc1cc2ccccc2[cH-]1.CCCCc1cc2ccccc2[cH-]1.CC[Si]CC.[Br-].[Br-].[Zr+4]. The van der Waals surface area contributed by atoms with Gasteiger partial charge in [0.15, 0.2) is 0 Å². The first-order valence-corrected chi connectivity index (χ1v) is 13.6. The topological polar surface area (TPSA) is 0 Å². The van der Waals surface area contributed by atoms with Crippen LogP contribution in [0.1, 0.15) is 64.5 Å². The third-order valence-electron chi connectivity index (χ3n) is 5.49. The molecule has 4 aromatic rings. The maximum absolute atomic E-state index is 2.31. The first-order valence-electron chi connectivity index (χ1n) is 12.2. The smallest absolute Gasteiger partial charge is 1.00 e. The molecule has 34 heavy (non-hydrogen) atoms. The van der Waals surface area contributed by atoms with Crippen LogP contribution in [-0.4, -0.2) is 9.52 Å². The van der Waals surface area contributed by atoms with Gasteiger partial charge in [-0.3, -0.25) is 0 Å². The Balaban J connectivity index is 0. The van der Waals surface area contributed by atoms with Gasteiger partial charge in [0.05, 0.1) is 0 Å². The molecule has 0 N–H and O–H groups in total. The molecular weight excluding hydrogens is 639 g/mol. The quantitative estimate of drug-likeness (QED) is 0.198. The fraction of sp³-hybridized carbons (Fsp3) is 0.400. The van der Waals surface area contributed by atoms with E-state index in [9.17, 15) is 0 Å². The number of benzene rings is 2. The number of hydrogen-bond acceptors (Lipinski definition) is 0. The van der Waals surface area contributed by atoms with Crippen LogP contribution in [0.15, 0.2) is 72.8 Å². The molecule has 0 amide bonds. The fourth-order valence-electron chi connectivity index (χ4n) is 3.73. The second-order valence-electron chi connectivity index (χ2n) is 8.15. The first-order chi connectivity index (χ1) is 15.2. The van der Waals surface area contributed by atoms with Crippen LogP contribution in [0.25, 0.3) is 21.5 Å². The van der Waals surface area contributed by atoms with E-state index in [-0.39, 0.29) is 60.2 Å². The molecule has 0 saturated carbocycles. The van der Waals surface area contributed by atoms with Crippen molar-refractivity contribution < 1.29 is 60.2 Å². The molecule has 0 aromatic heterocycles. The Morgan fingerprint density at radius 1 is 0.618 bits per heavy atom. The predicted molar refractivity (Wildman–Crippen MR) is 143 cm³/mol. The summed E-state index contributed by atoms with van der Waals surface area (Å²) in [6.45, 7) is 8.93. The Bertz CT molecular complexity index is 843. The van der Waals surface area contributed by atoms with Gasteiger partial charge in [0.1, 0.15) is 0 Å². The average molecular weight is 680 g/mol. The van der Waals surface area contributed by atoms with Crippen molar-refractivity contribution in [1.29, 1.82) is 0 Å². The minimum atomic E-state index is 0. The van der Waals surface area contributed by atoms with Crippen LogP contribution in [0.2, 0.25) is 12.1 Å². The van der Waals surface area contributed by atoms with E-state index in [4.69, 9.17) is 0 Å². The predicted octanol–water partition coefficient (Wildman–Crippen LogP) is 3.38. The maximum atomic E-state index is 2.31. The molecule has 0 atom stereocenters. The average Bonchev–Trinajstić information content (AvgIpc) is 3.41. The van der Waals surface area contributed by atoms with Crippen molar-refractivity contribution >= 4 is 31.1 Å². The van der Waals surface area contributed by atoms with Crippen molar-refractivity contribution in [2.75, 3.05) is 0 Å². The third-order valence-corrected chi connectivity index (χ3v) is 6.49. The summed E-state index contributed by atoms with van der Waals surface area (Å²) in [6, 6.07) is 29.1. The molecule has 182 valence electrons. The summed E-state index contributed by atoms with van der Waals surface area (Å²) in [6.07, 6.45) is 7.62. The molecule has 0 fully saturated rings. The minimum Gasteiger partial charge on any atom is -1.00 e. The zero-order valence-corrected chi connectivity index (χ0v) is 28.0. The second kappa shape index (κ2) is 22.0. The van der Waals surface area contributed by atoms with Crippen LogP contribution >= 0.6 is 0 Å². The standard InChI is InChI=1S/2C13H15.C4H10Si.2BrH.Zr/c2*1-2-3-6-11-9-12-7-4-5-8-13(12)10-11;1-3-5-4-2;;;/h2*4-5,7-10H,2-3,6H2,1H3;3-4H2,1-2H3;2*1H;/q2*-1;;;;+4/p-2. The largest absolute Gasteiger partial charge is 4.00 e. The molecule has 0 saturated heterocycles. The second-order valence-corrected chi connectivity index (χ2v) is 10.1. The molecule has 0 aliphatic heterocycles. The molecule has 0 heterocycles. The summed E-state index contributed by atoms with van der Waals surface area (Å²) in [4.78, 5) is 0. The Morgan fingerprint density at radius 3 is 1.29 bits per heavy atom. The Labute approximate surface area is 251 Å². The van der Waals surface area contributed by atoms with Gasteiger partial charge in [0, 0.05) is 9.52 Å². The van der Waals surface area contributed by atoms with Crippen LogP contribution < -0.4 is 34.0 Å². The van der Waals surface area contributed by atoms with E-state index in [2.05, 4.69) is 100 Å². The Morgan fingerprint density at radius 2 is 1.00 bits per heavy atom. The van der Waals surface area contributed by atoms with Crippen molar-refractivity contribution in [3.8, 4) is 0 Å². The number of unbranched alkanes of at least 4 members (excludes halogenated alkanes) is 2. The molecule has 4 aromatic carbocycles. The molecule has 0 aliphatic rings. The molecule has 2 radical (unpaired) electrons. The van der Waals surface area contributed by atoms with Gasteiger partial charge in [-0.05, 0) is 12.8 Å². The van der Waals surface area contributed by atoms with E-state index in [1.165, 1.54) is 92.8 Å². The molecule has 0 spiro atoms. The fourth-order valence-corrected chi connectivity index (χ4v) is 4.23. The van der Waals surface area contributed by atoms with Gasteiger partial charge in [-0.15, -0.1) is 81.2 Å². The van der Waals surface area contributed by atoms with E-state index in [0.29, 0.717) is 0 Å². The van der Waals surface area contributed by atoms with Crippen molar-refractivity contribution in [1.82, 2.24) is 0 Å². The van der Waals surface area contributed by atoms with E-state index in [1.54, 1.807) is 0 Å². The molecule has 4 rings (SSSR count). The minimum absolute atomic E-state index is 0. The zero-order valence-electron chi connectivity index (χ0n) is 21.3. The van der Waals surface area contributed by atoms with E-state index in [1.807, 2.05) is 0 Å². The van der Waals surface area contributed by atoms with Gasteiger partial charge in [-0.1, -0.05) is 77.6 Å². The Hall–Kier alpha value is -0.280. The van der Waals surface area contributed by atoms with Crippen LogP contribution in [0.3, 0.4) is 0 Å². The summed E-state index contributed by atoms with van der Waals surface area (Å²) >= 11 is 0. The maximum Gasteiger partial charge on any atom is 4.00 e. The number of hydrogen-bond donors (Lipinski definition) is 0. The van der Waals surface area contributed by atoms with Crippen molar-refractivity contribution in [3.05, 3.63) is 83.9 Å². The zero-order chi connectivity index (χ0) is 22.3. The van der Waals surface area contributed by atoms with Gasteiger partial charge in [0.25, 0.3) is 0 Å². The van der Waals surface area contributed by atoms with Crippen LogP contribution in [-0.2, 0) is 39.0 Å². The molecule has 0 bridgehead atoms. The van der Waals surface area contributed by atoms with Gasteiger partial charge in [0.2, 0.25) is 0 Å². The van der Waals surface area contributed by atoms with Crippen LogP contribution in [0, 0.1) is 0 Å². The molecule has 0 unspecified atom stereocenters. The van der Waals surface area contributed by atoms with Crippen LogP contribution in [0.4, 0.5) is 0 Å². The third kappa shape index (κ3) is 13.1. The van der Waals surface area contributed by atoms with E-state index in [0.717, 1.165) is 0 Å². The monoisotopic (exact) mass is 676 g/mol. The number of halogens is 2. The molecule has 0 aliphatic carbocycles. The molecule has 0 nitrogen and oxygen atoms in total. The van der Waals surface area contributed by atoms with Gasteiger partial charge in [-0.2, -0.15) is 12.1 Å². The summed E-state index contributed by atoms with van der Waals surface area (Å²) in [5.41, 5.74) is 2.98. The van der Waals surface area contributed by atoms with Gasteiger partial charge >= 0.3 is 26.2 Å². The number of rotatable bonds is 8. The van der Waals surface area contributed by atoms with Crippen molar-refractivity contribution in [3.63, 3.8) is 0 Å². The normalized spacial score (nSPS) is 9.53. The van der Waals surface area contributed by atoms with Crippen LogP contribution in [0.5, 0.6) is 0 Å².